The van der Waals surface area contributed by atoms with E-state index in [-0.39, 0.29) is 29.7 Å². The molecular formula is C26H25B7N4O4. The number of aldehydes is 1. The van der Waals surface area contributed by atoms with Crippen LogP contribution in [0.5, 0.6) is 0 Å². The Morgan fingerprint density at radius 3 is 2.22 bits per heavy atom. The average molecular weight is 533 g/mol. The molecule has 2 aliphatic rings. The van der Waals surface area contributed by atoms with Gasteiger partial charge in [0, 0.05) is 37.8 Å². The summed E-state index contributed by atoms with van der Waals surface area (Å²) in [6.45, 7) is 2.23. The van der Waals surface area contributed by atoms with Crippen LogP contribution in [0.2, 0.25) is 0 Å². The summed E-state index contributed by atoms with van der Waals surface area (Å²) >= 11 is 0. The van der Waals surface area contributed by atoms with Gasteiger partial charge in [-0.25, -0.2) is 0 Å². The number of nitrogens with one attached hydrogen (secondary N) is 2. The van der Waals surface area contributed by atoms with E-state index in [2.05, 4.69) is 10.6 Å². The second-order valence-corrected chi connectivity index (χ2v) is 10.4. The third kappa shape index (κ3) is 5.55. The molecule has 0 aliphatic carbocycles. The maximum Gasteiger partial charge on any atom is 0.253 e. The van der Waals surface area contributed by atoms with E-state index in [0.29, 0.717) is 43.7 Å². The first-order valence-electron chi connectivity index (χ1n) is 13.1. The van der Waals surface area contributed by atoms with Gasteiger partial charge in [-0.3, -0.25) is 9.59 Å². The van der Waals surface area contributed by atoms with E-state index >= 15 is 0 Å². The van der Waals surface area contributed by atoms with E-state index in [1.54, 1.807) is 36.4 Å². The molecule has 14 radical (unpaired) electrons. The minimum Gasteiger partial charge on any atom is -0.392 e. The predicted molar refractivity (Wildman–Crippen MR) is 162 cm³/mol. The average Bonchev–Trinajstić information content (AvgIpc) is 3.17. The molecule has 0 aromatic heterocycles. The Morgan fingerprint density at radius 2 is 1.63 bits per heavy atom. The fourth-order valence-corrected chi connectivity index (χ4v) is 5.42. The molecule has 8 nitrogen and oxygen atoms in total. The molecule has 2 aromatic rings. The fourth-order valence-electron chi connectivity index (χ4n) is 5.42. The molecule has 15 heteroatoms. The quantitative estimate of drug-likeness (QED) is 0.286. The van der Waals surface area contributed by atoms with Gasteiger partial charge < -0.3 is 30.0 Å². The number of carbonyl (C=O) groups excluding carboxylic acids is 3. The zero-order valence-corrected chi connectivity index (χ0v) is 22.9. The Kier molecular flexibility index (Phi) is 8.73. The second kappa shape index (κ2) is 11.5. The molecular weight excluding hydrogens is 508 g/mol. The van der Waals surface area contributed by atoms with Gasteiger partial charge in [-0.2, -0.15) is 0 Å². The first kappa shape index (κ1) is 31.2. The van der Waals surface area contributed by atoms with Crippen LogP contribution < -0.4 is 10.6 Å². The highest BCUT2D eigenvalue weighted by Gasteiger charge is 2.53. The molecule has 194 valence electrons. The highest BCUT2D eigenvalue weighted by Crippen LogP contribution is 2.44. The van der Waals surface area contributed by atoms with Gasteiger partial charge >= 0.3 is 0 Å². The van der Waals surface area contributed by atoms with E-state index < -0.39 is 33.3 Å². The van der Waals surface area contributed by atoms with Gasteiger partial charge in [-0.1, -0.05) is 30.3 Å². The Morgan fingerprint density at radius 1 is 1.02 bits per heavy atom. The minimum atomic E-state index is -2.07. The Bertz CT molecular complexity index is 1320. The summed E-state index contributed by atoms with van der Waals surface area (Å²) in [4.78, 5) is 40.4. The second-order valence-electron chi connectivity index (χ2n) is 10.4. The van der Waals surface area contributed by atoms with Gasteiger partial charge in [0.25, 0.3) is 5.91 Å². The standard InChI is InChI=1S/C26H25B7N4O4/c1-34-22(40)23(27,10-3-13-38)37-21(39)18-4-2-5-19(20(18)26(37,32)33)35-24(28,29)16-6-8-17(9-7-16)25(30,31)36-11-14-41-15-12-36/h2,4-9,13,35H,3,10-12,14-15H2,1H3,(H,34,40). The van der Waals surface area contributed by atoms with E-state index in [0.717, 1.165) is 4.90 Å². The van der Waals surface area contributed by atoms with Gasteiger partial charge in [-0.05, 0) is 51.3 Å². The number of amides is 2. The lowest BCUT2D eigenvalue weighted by Gasteiger charge is -2.47. The number of ether oxygens (including phenoxy) is 1. The Labute approximate surface area is 250 Å². The minimum absolute atomic E-state index is 0.0949. The summed E-state index contributed by atoms with van der Waals surface area (Å²) < 4.78 is 5.39. The van der Waals surface area contributed by atoms with Crippen LogP contribution in [-0.2, 0) is 30.3 Å². The number of hydrogen-bond acceptors (Lipinski definition) is 6. The number of benzene rings is 2. The lowest BCUT2D eigenvalue weighted by molar-refractivity contribution is -0.128. The molecule has 2 amide bonds. The van der Waals surface area contributed by atoms with Gasteiger partial charge in [0.05, 0.1) is 65.7 Å². The summed E-state index contributed by atoms with van der Waals surface area (Å²) in [5.74, 6) is -1.43. The van der Waals surface area contributed by atoms with Gasteiger partial charge in [0.2, 0.25) is 5.91 Å². The molecule has 0 saturated carbocycles. The molecule has 1 unspecified atom stereocenters. The van der Waals surface area contributed by atoms with Crippen molar-refractivity contribution >= 4 is 78.7 Å². The molecule has 41 heavy (non-hydrogen) atoms. The smallest absolute Gasteiger partial charge is 0.253 e. The molecule has 0 bridgehead atoms. The SMILES string of the molecule is [B]C([B])(Nc1cccc2c1C([B])([B])N(C([B])(CCC=O)C(=O)NC)C2=O)c1ccc(C([B])([B])N2CCOCC2)cc1. The number of morpholine rings is 1. The summed E-state index contributed by atoms with van der Waals surface area (Å²) in [6.07, 6.45) is 0.254. The fraction of sp³-hybridized carbons (Fsp3) is 0.423. The zero-order valence-electron chi connectivity index (χ0n) is 22.9. The van der Waals surface area contributed by atoms with Crippen LogP contribution in [0, 0.1) is 0 Å². The normalized spacial score (nSPS) is 18.8. The van der Waals surface area contributed by atoms with E-state index in [9.17, 15) is 14.4 Å². The molecule has 2 heterocycles. The van der Waals surface area contributed by atoms with Crippen molar-refractivity contribution in [1.82, 2.24) is 15.1 Å². The third-order valence-electron chi connectivity index (χ3n) is 7.63. The first-order chi connectivity index (χ1) is 19.2. The van der Waals surface area contributed by atoms with Crippen LogP contribution in [0.1, 0.15) is 39.9 Å². The lowest BCUT2D eigenvalue weighted by Crippen LogP contribution is -2.65. The number of anilines is 1. The molecule has 2 aromatic carbocycles. The molecule has 0 spiro atoms. The van der Waals surface area contributed by atoms with E-state index in [1.165, 1.54) is 13.1 Å². The number of likely N-dealkylation sites (N-methyl/N-ethyl adjacent to an activating group) is 1. The van der Waals surface area contributed by atoms with Crippen LogP contribution in [0.3, 0.4) is 0 Å². The van der Waals surface area contributed by atoms with Crippen molar-refractivity contribution in [2.45, 2.75) is 34.3 Å². The number of nitrogens with zero attached hydrogens (tertiary/aromatic N) is 2. The number of carbonyl (C=O) groups is 3. The number of hydrogen-bond donors (Lipinski definition) is 2. The Balaban J connectivity index is 1.66. The lowest BCUT2D eigenvalue weighted by atomic mass is 9.54. The van der Waals surface area contributed by atoms with Gasteiger partial charge in [-0.15, -0.1) is 0 Å². The third-order valence-corrected chi connectivity index (χ3v) is 7.63. The van der Waals surface area contributed by atoms with Crippen molar-refractivity contribution in [3.05, 3.63) is 64.7 Å². The Hall–Kier alpha value is -2.78. The maximum absolute atomic E-state index is 13.6. The summed E-state index contributed by atoms with van der Waals surface area (Å²) in [5.41, 5.74) is -0.455. The van der Waals surface area contributed by atoms with Crippen molar-refractivity contribution in [3.63, 3.8) is 0 Å². The largest absolute Gasteiger partial charge is 0.392 e. The zero-order chi connectivity index (χ0) is 30.2. The van der Waals surface area contributed by atoms with Crippen molar-refractivity contribution < 1.29 is 19.1 Å². The monoisotopic (exact) mass is 534 g/mol. The maximum atomic E-state index is 13.6. The molecule has 1 fully saturated rings. The van der Waals surface area contributed by atoms with Crippen molar-refractivity contribution in [2.24, 2.45) is 0 Å². The van der Waals surface area contributed by atoms with Crippen LogP contribution in [-0.4, -0.2) is 122 Å². The summed E-state index contributed by atoms with van der Waals surface area (Å²) in [6, 6.07) is 11.5. The predicted octanol–water partition coefficient (Wildman–Crippen LogP) is -1.48. The van der Waals surface area contributed by atoms with Crippen molar-refractivity contribution in [1.29, 1.82) is 0 Å². The molecule has 4 rings (SSSR count). The van der Waals surface area contributed by atoms with Crippen LogP contribution in [0.15, 0.2) is 42.5 Å². The van der Waals surface area contributed by atoms with Crippen LogP contribution >= 0.6 is 0 Å². The molecule has 1 atom stereocenters. The highest BCUT2D eigenvalue weighted by atomic mass is 16.5. The molecule has 1 saturated heterocycles. The summed E-state index contributed by atoms with van der Waals surface area (Å²) in [5, 5.41) is 0.462. The van der Waals surface area contributed by atoms with Crippen LogP contribution in [0.25, 0.3) is 0 Å². The van der Waals surface area contributed by atoms with E-state index in [4.69, 9.17) is 59.7 Å². The first-order valence-corrected chi connectivity index (χ1v) is 13.1. The summed E-state index contributed by atoms with van der Waals surface area (Å²) in [7, 11) is 46.8. The number of fused-ring (bicyclic) bond motifs is 1. The highest BCUT2D eigenvalue weighted by molar-refractivity contribution is 6.46. The number of rotatable bonds is 10. The van der Waals surface area contributed by atoms with Gasteiger partial charge in [0.1, 0.15) is 14.1 Å². The van der Waals surface area contributed by atoms with E-state index in [1.807, 2.05) is 4.90 Å². The molecule has 2 N–H and O–H groups in total. The topological polar surface area (TPSA) is 91.0 Å². The molecule has 2 aliphatic heterocycles. The van der Waals surface area contributed by atoms with Crippen molar-refractivity contribution in [3.8, 4) is 0 Å². The van der Waals surface area contributed by atoms with Crippen LogP contribution in [0.4, 0.5) is 5.69 Å². The van der Waals surface area contributed by atoms with Gasteiger partial charge in [0.15, 0.2) is 0 Å². The van der Waals surface area contributed by atoms with Crippen molar-refractivity contribution in [2.75, 3.05) is 38.7 Å².